The summed E-state index contributed by atoms with van der Waals surface area (Å²) in [5, 5.41) is 7.73. The molecule has 3 rings (SSSR count). The molecule has 0 spiro atoms. The third-order valence-electron chi connectivity index (χ3n) is 3.69. The van der Waals surface area contributed by atoms with Gasteiger partial charge in [-0.2, -0.15) is 0 Å². The molecule has 120 valence electrons. The fourth-order valence-electron chi connectivity index (χ4n) is 2.45. The molecule has 0 amide bonds. The Morgan fingerprint density at radius 2 is 2.09 bits per heavy atom. The van der Waals surface area contributed by atoms with Crippen molar-refractivity contribution in [1.29, 1.82) is 0 Å². The predicted molar refractivity (Wildman–Crippen MR) is 91.5 cm³/mol. The molecule has 0 saturated heterocycles. The average Bonchev–Trinajstić information content (AvgIpc) is 3.22. The Bertz CT molecular complexity index is 742. The van der Waals surface area contributed by atoms with Gasteiger partial charge < -0.3 is 19.5 Å². The lowest BCUT2D eigenvalue weighted by Gasteiger charge is -2.16. The van der Waals surface area contributed by atoms with Crippen molar-refractivity contribution >= 4 is 16.9 Å². The number of rotatable bonds is 5. The fraction of sp³-hybridized carbons (Fsp3) is 0.278. The zero-order valence-corrected chi connectivity index (χ0v) is 13.4. The predicted octanol–water partition coefficient (Wildman–Crippen LogP) is 3.49. The number of nitrogens with one attached hydrogen (secondary N) is 2. The van der Waals surface area contributed by atoms with Crippen LogP contribution in [0, 0.1) is 0 Å². The molecular weight excluding hydrogens is 290 g/mol. The molecule has 2 N–H and O–H groups in total. The molecule has 5 heteroatoms. The molecular formula is C18H21N3O2. The Labute approximate surface area is 135 Å². The van der Waals surface area contributed by atoms with E-state index < -0.39 is 0 Å². The Balaban J connectivity index is 1.57. The van der Waals surface area contributed by atoms with Gasteiger partial charge in [0.2, 0.25) is 0 Å². The third kappa shape index (κ3) is 3.74. The monoisotopic (exact) mass is 311 g/mol. The van der Waals surface area contributed by atoms with Crippen LogP contribution in [-0.2, 0) is 6.42 Å². The maximum atomic E-state index is 5.88. The Morgan fingerprint density at radius 3 is 2.83 bits per heavy atom. The standard InChI is InChI=1S/C18H21N3O2/c1-13(17-12-14-6-3-4-8-16(14)23-17)21-18(19-2)20-10-9-15-7-5-11-22-15/h3-8,11-13H,9-10H2,1-2H3,(H2,19,20,21). The minimum Gasteiger partial charge on any atom is -0.469 e. The summed E-state index contributed by atoms with van der Waals surface area (Å²) in [6.45, 7) is 2.80. The number of hydrogen-bond donors (Lipinski definition) is 2. The van der Waals surface area contributed by atoms with E-state index in [1.54, 1.807) is 13.3 Å². The lowest BCUT2D eigenvalue weighted by atomic mass is 10.2. The topological polar surface area (TPSA) is 62.7 Å². The molecule has 0 fully saturated rings. The molecule has 0 aliphatic carbocycles. The van der Waals surface area contributed by atoms with E-state index in [2.05, 4.69) is 28.6 Å². The van der Waals surface area contributed by atoms with Gasteiger partial charge in [0.15, 0.2) is 5.96 Å². The summed E-state index contributed by atoms with van der Waals surface area (Å²) in [7, 11) is 1.76. The highest BCUT2D eigenvalue weighted by Gasteiger charge is 2.12. The quantitative estimate of drug-likeness (QED) is 0.559. The summed E-state index contributed by atoms with van der Waals surface area (Å²) in [6.07, 6.45) is 2.50. The molecule has 23 heavy (non-hydrogen) atoms. The molecule has 0 aliphatic rings. The number of nitrogens with zero attached hydrogens (tertiary/aromatic N) is 1. The van der Waals surface area contributed by atoms with E-state index in [9.17, 15) is 0 Å². The highest BCUT2D eigenvalue weighted by atomic mass is 16.3. The van der Waals surface area contributed by atoms with E-state index in [0.717, 1.165) is 41.4 Å². The highest BCUT2D eigenvalue weighted by molar-refractivity contribution is 5.81. The molecule has 0 bridgehead atoms. The van der Waals surface area contributed by atoms with Crippen molar-refractivity contribution < 1.29 is 8.83 Å². The maximum absolute atomic E-state index is 5.88. The van der Waals surface area contributed by atoms with Crippen molar-refractivity contribution in [2.45, 2.75) is 19.4 Å². The van der Waals surface area contributed by atoms with Crippen molar-refractivity contribution in [3.8, 4) is 0 Å². The summed E-state index contributed by atoms with van der Waals surface area (Å²) in [5.41, 5.74) is 0.900. The summed E-state index contributed by atoms with van der Waals surface area (Å²) in [5.74, 6) is 2.59. The summed E-state index contributed by atoms with van der Waals surface area (Å²) < 4.78 is 11.2. The van der Waals surface area contributed by atoms with Gasteiger partial charge in [0.05, 0.1) is 12.3 Å². The summed E-state index contributed by atoms with van der Waals surface area (Å²) >= 11 is 0. The van der Waals surface area contributed by atoms with Crippen molar-refractivity contribution in [1.82, 2.24) is 10.6 Å². The Morgan fingerprint density at radius 1 is 1.22 bits per heavy atom. The van der Waals surface area contributed by atoms with E-state index in [1.807, 2.05) is 36.4 Å². The number of aliphatic imine (C=N–C) groups is 1. The molecule has 1 aromatic carbocycles. The van der Waals surface area contributed by atoms with Crippen molar-refractivity contribution in [2.24, 2.45) is 4.99 Å². The largest absolute Gasteiger partial charge is 0.469 e. The molecule has 1 unspecified atom stereocenters. The van der Waals surface area contributed by atoms with Gasteiger partial charge in [-0.05, 0) is 31.2 Å². The lowest BCUT2D eigenvalue weighted by Crippen LogP contribution is -2.39. The zero-order chi connectivity index (χ0) is 16.1. The molecule has 0 radical (unpaired) electrons. The van der Waals surface area contributed by atoms with Crippen LogP contribution in [0.5, 0.6) is 0 Å². The minimum atomic E-state index is 0.0252. The normalized spacial score (nSPS) is 13.2. The number of benzene rings is 1. The van der Waals surface area contributed by atoms with Gasteiger partial charge >= 0.3 is 0 Å². The highest BCUT2D eigenvalue weighted by Crippen LogP contribution is 2.23. The van der Waals surface area contributed by atoms with Crippen LogP contribution in [0.4, 0.5) is 0 Å². The second-order valence-corrected chi connectivity index (χ2v) is 5.38. The van der Waals surface area contributed by atoms with E-state index in [-0.39, 0.29) is 6.04 Å². The average molecular weight is 311 g/mol. The van der Waals surface area contributed by atoms with Gasteiger partial charge in [0.1, 0.15) is 17.1 Å². The second-order valence-electron chi connectivity index (χ2n) is 5.38. The zero-order valence-electron chi connectivity index (χ0n) is 13.4. The van der Waals surface area contributed by atoms with Gasteiger partial charge in [0, 0.05) is 25.4 Å². The van der Waals surface area contributed by atoms with Crippen molar-refractivity contribution in [3.05, 3.63) is 60.2 Å². The van der Waals surface area contributed by atoms with E-state index in [0.29, 0.717) is 0 Å². The number of fused-ring (bicyclic) bond motifs is 1. The Hall–Kier alpha value is -2.69. The van der Waals surface area contributed by atoms with E-state index in [1.165, 1.54) is 0 Å². The van der Waals surface area contributed by atoms with Crippen molar-refractivity contribution in [3.63, 3.8) is 0 Å². The van der Waals surface area contributed by atoms with E-state index >= 15 is 0 Å². The van der Waals surface area contributed by atoms with Gasteiger partial charge in [-0.15, -0.1) is 0 Å². The number of guanidine groups is 1. The van der Waals surface area contributed by atoms with Crippen LogP contribution in [0.1, 0.15) is 24.5 Å². The van der Waals surface area contributed by atoms with Gasteiger partial charge in [0.25, 0.3) is 0 Å². The van der Waals surface area contributed by atoms with Crippen LogP contribution in [-0.4, -0.2) is 19.6 Å². The molecule has 0 aliphatic heterocycles. The number of para-hydroxylation sites is 1. The second kappa shape index (κ2) is 7.05. The third-order valence-corrected chi connectivity index (χ3v) is 3.69. The molecule has 5 nitrogen and oxygen atoms in total. The number of furan rings is 2. The molecule has 3 aromatic rings. The molecule has 2 heterocycles. The van der Waals surface area contributed by atoms with Gasteiger partial charge in [-0.25, -0.2) is 0 Å². The Kier molecular flexibility index (Phi) is 4.66. The fourth-order valence-corrected chi connectivity index (χ4v) is 2.45. The first-order valence-electron chi connectivity index (χ1n) is 7.74. The van der Waals surface area contributed by atoms with Crippen LogP contribution < -0.4 is 10.6 Å². The van der Waals surface area contributed by atoms with Crippen molar-refractivity contribution in [2.75, 3.05) is 13.6 Å². The van der Waals surface area contributed by atoms with Gasteiger partial charge in [-0.1, -0.05) is 18.2 Å². The molecule has 1 atom stereocenters. The van der Waals surface area contributed by atoms with Crippen LogP contribution >= 0.6 is 0 Å². The van der Waals surface area contributed by atoms with E-state index in [4.69, 9.17) is 8.83 Å². The summed E-state index contributed by atoms with van der Waals surface area (Å²) in [6, 6.07) is 14.0. The minimum absolute atomic E-state index is 0.0252. The molecule has 0 saturated carbocycles. The van der Waals surface area contributed by atoms with Crippen LogP contribution in [0.25, 0.3) is 11.0 Å². The van der Waals surface area contributed by atoms with Crippen LogP contribution in [0.15, 0.2) is 62.6 Å². The van der Waals surface area contributed by atoms with Crippen LogP contribution in [0.2, 0.25) is 0 Å². The SMILES string of the molecule is CN=C(NCCc1ccco1)NC(C)c1cc2ccccc2o1. The smallest absolute Gasteiger partial charge is 0.191 e. The molecule has 2 aromatic heterocycles. The first-order chi connectivity index (χ1) is 11.3. The maximum Gasteiger partial charge on any atom is 0.191 e. The summed E-state index contributed by atoms with van der Waals surface area (Å²) in [4.78, 5) is 4.25. The first-order valence-corrected chi connectivity index (χ1v) is 7.74. The lowest BCUT2D eigenvalue weighted by molar-refractivity contribution is 0.486. The number of hydrogen-bond acceptors (Lipinski definition) is 3. The first kappa shape index (κ1) is 15.2. The van der Waals surface area contributed by atoms with Crippen LogP contribution in [0.3, 0.4) is 0 Å². The van der Waals surface area contributed by atoms with Gasteiger partial charge in [-0.3, -0.25) is 4.99 Å².